The number of nitro groups is 1. The Kier molecular flexibility index (Phi) is 6.52. The minimum Gasteiger partial charge on any atom is -0.379 e. The smallest absolute Gasteiger partial charge is 0.271 e. The van der Waals surface area contributed by atoms with E-state index >= 15 is 0 Å². The predicted molar refractivity (Wildman–Crippen MR) is 132 cm³/mol. The van der Waals surface area contributed by atoms with Crippen LogP contribution in [0.2, 0.25) is 0 Å². The summed E-state index contributed by atoms with van der Waals surface area (Å²) >= 11 is 5.80. The Balaban J connectivity index is 1.51. The topological polar surface area (TPSA) is 88.7 Å². The van der Waals surface area contributed by atoms with Gasteiger partial charge in [-0.1, -0.05) is 12.1 Å². The third-order valence-corrected chi connectivity index (χ3v) is 6.71. The van der Waals surface area contributed by atoms with E-state index in [1.54, 1.807) is 18.3 Å². The van der Waals surface area contributed by atoms with Crippen molar-refractivity contribution < 1.29 is 9.66 Å². The van der Waals surface area contributed by atoms with Gasteiger partial charge in [-0.2, -0.15) is 0 Å². The van der Waals surface area contributed by atoms with E-state index in [-0.39, 0.29) is 22.7 Å². The number of hydrogen-bond acceptors (Lipinski definition) is 6. The Morgan fingerprint density at radius 3 is 2.74 bits per heavy atom. The Morgan fingerprint density at radius 2 is 1.97 bits per heavy atom. The van der Waals surface area contributed by atoms with E-state index in [1.807, 2.05) is 41.1 Å². The molecular formula is C24H26N6O3S. The standard InChI is InChI=1S/C24H26N6O3S/c31-30(32)19-6-3-5-18(17-19)28-10-4-8-21(28)23-22(20-7-1-2-9-25-20)26-24(34)29(23)12-11-27-13-15-33-16-14-27/h1-10,17,22-23H,11-16H2,(H,26,34)/t22-,23-/m1/s1. The highest BCUT2D eigenvalue weighted by atomic mass is 32.1. The summed E-state index contributed by atoms with van der Waals surface area (Å²) in [4.78, 5) is 20.2. The second-order valence-corrected chi connectivity index (χ2v) is 8.74. The number of pyridine rings is 1. The average molecular weight is 479 g/mol. The summed E-state index contributed by atoms with van der Waals surface area (Å²) in [6, 6.07) is 16.3. The molecule has 0 unspecified atom stereocenters. The molecule has 0 aliphatic carbocycles. The van der Waals surface area contributed by atoms with Crippen LogP contribution in [-0.2, 0) is 4.74 Å². The van der Waals surface area contributed by atoms with Crippen molar-refractivity contribution in [2.75, 3.05) is 39.4 Å². The lowest BCUT2D eigenvalue weighted by molar-refractivity contribution is -0.384. The highest BCUT2D eigenvalue weighted by molar-refractivity contribution is 7.80. The zero-order valence-electron chi connectivity index (χ0n) is 18.6. The molecule has 0 spiro atoms. The van der Waals surface area contributed by atoms with Crippen molar-refractivity contribution in [2.45, 2.75) is 12.1 Å². The van der Waals surface area contributed by atoms with E-state index in [0.29, 0.717) is 5.11 Å². The quantitative estimate of drug-likeness (QED) is 0.315. The number of nitrogens with one attached hydrogen (secondary N) is 1. The second-order valence-electron chi connectivity index (χ2n) is 8.35. The highest BCUT2D eigenvalue weighted by Crippen LogP contribution is 2.39. The van der Waals surface area contributed by atoms with Crippen LogP contribution in [0, 0.1) is 10.1 Å². The minimum absolute atomic E-state index is 0.0580. The van der Waals surface area contributed by atoms with E-state index in [2.05, 4.69) is 26.2 Å². The molecule has 2 aliphatic rings. The second kappa shape index (κ2) is 9.88. The van der Waals surface area contributed by atoms with Gasteiger partial charge in [-0.25, -0.2) is 0 Å². The first kappa shape index (κ1) is 22.5. The lowest BCUT2D eigenvalue weighted by Gasteiger charge is -2.32. The highest BCUT2D eigenvalue weighted by Gasteiger charge is 2.41. The summed E-state index contributed by atoms with van der Waals surface area (Å²) in [6.07, 6.45) is 3.72. The van der Waals surface area contributed by atoms with Crippen LogP contribution in [0.15, 0.2) is 67.0 Å². The monoisotopic (exact) mass is 478 g/mol. The number of ether oxygens (including phenoxy) is 1. The molecule has 0 bridgehead atoms. The molecule has 3 aromatic rings. The number of nitro benzene ring substituents is 1. The van der Waals surface area contributed by atoms with E-state index in [1.165, 1.54) is 6.07 Å². The molecule has 0 saturated carbocycles. The van der Waals surface area contributed by atoms with Crippen molar-refractivity contribution >= 4 is 23.0 Å². The van der Waals surface area contributed by atoms with Gasteiger partial charge in [0.15, 0.2) is 5.11 Å². The molecule has 4 heterocycles. The Morgan fingerprint density at radius 1 is 1.12 bits per heavy atom. The summed E-state index contributed by atoms with van der Waals surface area (Å²) in [6.45, 7) is 4.93. The maximum absolute atomic E-state index is 11.4. The molecule has 176 valence electrons. The number of aromatic nitrogens is 2. The summed E-state index contributed by atoms with van der Waals surface area (Å²) in [7, 11) is 0. The van der Waals surface area contributed by atoms with Gasteiger partial charge in [0.25, 0.3) is 5.69 Å². The number of morpholine rings is 1. The number of rotatable bonds is 7. The number of hydrogen-bond donors (Lipinski definition) is 1. The fourth-order valence-electron chi connectivity index (χ4n) is 4.67. The van der Waals surface area contributed by atoms with Gasteiger partial charge in [0.2, 0.25) is 0 Å². The van der Waals surface area contributed by atoms with Gasteiger partial charge in [0, 0.05) is 56.4 Å². The maximum Gasteiger partial charge on any atom is 0.271 e. The first-order chi connectivity index (χ1) is 16.6. The Labute approximate surface area is 203 Å². The molecule has 2 aromatic heterocycles. The molecule has 2 saturated heterocycles. The SMILES string of the molecule is O=[N+]([O-])c1cccc(-n2cccc2[C@@H]2[C@@H](c3ccccn3)NC(=S)N2CCN2CCOCC2)c1. The fourth-order valence-corrected chi connectivity index (χ4v) is 5.00. The summed E-state index contributed by atoms with van der Waals surface area (Å²) in [5.74, 6) is 0. The number of non-ortho nitro benzene ring substituents is 1. The zero-order chi connectivity index (χ0) is 23.5. The summed E-state index contributed by atoms with van der Waals surface area (Å²) < 4.78 is 7.49. The lowest BCUT2D eigenvalue weighted by atomic mass is 10.0. The van der Waals surface area contributed by atoms with Gasteiger partial charge in [0.05, 0.1) is 41.6 Å². The van der Waals surface area contributed by atoms with E-state index < -0.39 is 0 Å². The van der Waals surface area contributed by atoms with Gasteiger partial charge in [-0.3, -0.25) is 20.0 Å². The van der Waals surface area contributed by atoms with Crippen molar-refractivity contribution in [1.29, 1.82) is 0 Å². The predicted octanol–water partition coefficient (Wildman–Crippen LogP) is 3.09. The van der Waals surface area contributed by atoms with Crippen molar-refractivity contribution in [3.05, 3.63) is 88.5 Å². The molecule has 5 rings (SSSR count). The fraction of sp³-hybridized carbons (Fsp3) is 0.333. The molecule has 2 fully saturated rings. The van der Waals surface area contributed by atoms with Crippen LogP contribution in [-0.4, -0.2) is 68.8 Å². The van der Waals surface area contributed by atoms with Gasteiger partial charge in [0.1, 0.15) is 0 Å². The van der Waals surface area contributed by atoms with Crippen LogP contribution in [0.4, 0.5) is 5.69 Å². The van der Waals surface area contributed by atoms with Gasteiger partial charge in [-0.05, 0) is 42.5 Å². The number of nitrogens with zero attached hydrogens (tertiary/aromatic N) is 5. The maximum atomic E-state index is 11.4. The molecular weight excluding hydrogens is 452 g/mol. The Hall–Kier alpha value is -3.34. The van der Waals surface area contributed by atoms with Crippen molar-refractivity contribution in [2.24, 2.45) is 0 Å². The molecule has 1 aromatic carbocycles. The third kappa shape index (κ3) is 4.52. The van der Waals surface area contributed by atoms with Crippen LogP contribution >= 0.6 is 12.2 Å². The van der Waals surface area contributed by atoms with Crippen LogP contribution in [0.25, 0.3) is 5.69 Å². The largest absolute Gasteiger partial charge is 0.379 e. The van der Waals surface area contributed by atoms with Crippen molar-refractivity contribution in [3.63, 3.8) is 0 Å². The first-order valence-electron chi connectivity index (χ1n) is 11.3. The zero-order valence-corrected chi connectivity index (χ0v) is 19.4. The summed E-state index contributed by atoms with van der Waals surface area (Å²) in [5, 5.41) is 15.5. The summed E-state index contributed by atoms with van der Waals surface area (Å²) in [5.41, 5.74) is 2.68. The number of benzene rings is 1. The van der Waals surface area contributed by atoms with Crippen LogP contribution in [0.5, 0.6) is 0 Å². The van der Waals surface area contributed by atoms with Crippen molar-refractivity contribution in [1.82, 2.24) is 24.7 Å². The minimum atomic E-state index is -0.371. The molecule has 2 atom stereocenters. The van der Waals surface area contributed by atoms with Gasteiger partial charge < -0.3 is 19.5 Å². The number of thiocarbonyl (C=S) groups is 1. The molecule has 2 aliphatic heterocycles. The Bertz CT molecular complexity index is 1160. The van der Waals surface area contributed by atoms with E-state index in [0.717, 1.165) is 56.5 Å². The molecule has 9 nitrogen and oxygen atoms in total. The average Bonchev–Trinajstić information content (AvgIpc) is 3.48. The van der Waals surface area contributed by atoms with E-state index in [4.69, 9.17) is 17.0 Å². The van der Waals surface area contributed by atoms with Gasteiger partial charge >= 0.3 is 0 Å². The van der Waals surface area contributed by atoms with Crippen LogP contribution in [0.1, 0.15) is 23.5 Å². The van der Waals surface area contributed by atoms with E-state index in [9.17, 15) is 10.1 Å². The normalized spacial score (nSPS) is 20.9. The van der Waals surface area contributed by atoms with Crippen LogP contribution in [0.3, 0.4) is 0 Å². The molecule has 0 radical (unpaired) electrons. The van der Waals surface area contributed by atoms with Gasteiger partial charge in [-0.15, -0.1) is 0 Å². The molecule has 34 heavy (non-hydrogen) atoms. The molecule has 0 amide bonds. The molecule has 10 heteroatoms. The van der Waals surface area contributed by atoms with Crippen molar-refractivity contribution in [3.8, 4) is 5.69 Å². The molecule has 1 N–H and O–H groups in total. The third-order valence-electron chi connectivity index (χ3n) is 6.36. The van der Waals surface area contributed by atoms with Crippen LogP contribution < -0.4 is 5.32 Å². The lowest BCUT2D eigenvalue weighted by Crippen LogP contribution is -2.42. The first-order valence-corrected chi connectivity index (χ1v) is 11.7.